The van der Waals surface area contributed by atoms with Crippen LogP contribution in [0.25, 0.3) is 10.9 Å². The highest BCUT2D eigenvalue weighted by atomic mass is 32.2. The van der Waals surface area contributed by atoms with E-state index in [0.717, 1.165) is 10.2 Å². The molecular formula is C28H26N4O5S. The highest BCUT2D eigenvalue weighted by Gasteiger charge is 2.30. The lowest BCUT2D eigenvalue weighted by Gasteiger charge is -2.20. The van der Waals surface area contributed by atoms with Gasteiger partial charge in [-0.1, -0.05) is 56.3 Å². The van der Waals surface area contributed by atoms with E-state index in [1.165, 1.54) is 6.07 Å². The number of para-hydroxylation sites is 1. The highest BCUT2D eigenvalue weighted by molar-refractivity contribution is 7.90. The molecule has 0 aliphatic carbocycles. The lowest BCUT2D eigenvalue weighted by Crippen LogP contribution is -2.31. The van der Waals surface area contributed by atoms with E-state index in [-0.39, 0.29) is 34.3 Å². The maximum absolute atomic E-state index is 13.5. The zero-order valence-electron chi connectivity index (χ0n) is 20.8. The van der Waals surface area contributed by atoms with Crippen LogP contribution in [0.1, 0.15) is 31.4 Å². The summed E-state index contributed by atoms with van der Waals surface area (Å²) in [6.45, 7) is 4.32. The summed E-state index contributed by atoms with van der Waals surface area (Å²) in [6.07, 6.45) is 2.26. The Balaban J connectivity index is 1.55. The minimum Gasteiger partial charge on any atom is -0.506 e. The number of ether oxygens (including phenoxy) is 1. The van der Waals surface area contributed by atoms with E-state index < -0.39 is 15.6 Å². The molecule has 0 atom stereocenters. The Morgan fingerprint density at radius 2 is 1.82 bits per heavy atom. The molecule has 5 rings (SSSR count). The monoisotopic (exact) mass is 530 g/mol. The van der Waals surface area contributed by atoms with Crippen LogP contribution in [0.4, 0.5) is 5.69 Å². The second kappa shape index (κ2) is 10.1. The van der Waals surface area contributed by atoms with E-state index >= 15 is 0 Å². The van der Waals surface area contributed by atoms with E-state index in [2.05, 4.69) is 14.8 Å². The van der Waals surface area contributed by atoms with Crippen molar-refractivity contribution in [2.75, 3.05) is 5.32 Å². The van der Waals surface area contributed by atoms with Crippen molar-refractivity contribution in [2.24, 2.45) is 15.4 Å². The largest absolute Gasteiger partial charge is 0.506 e. The second-order valence-corrected chi connectivity index (χ2v) is 10.8. The summed E-state index contributed by atoms with van der Waals surface area (Å²) in [6, 6.07) is 20.8. The Hall–Kier alpha value is -4.44. The average molecular weight is 531 g/mol. The second-order valence-electron chi connectivity index (χ2n) is 9.26. The number of hydrogen-bond donors (Lipinski definition) is 2. The van der Waals surface area contributed by atoms with E-state index in [0.29, 0.717) is 29.0 Å². The Bertz CT molecular complexity index is 1740. The van der Waals surface area contributed by atoms with Crippen LogP contribution in [0.15, 0.2) is 92.0 Å². The third-order valence-electron chi connectivity index (χ3n) is 5.98. The van der Waals surface area contributed by atoms with Crippen molar-refractivity contribution in [2.45, 2.75) is 31.8 Å². The van der Waals surface area contributed by atoms with Crippen LogP contribution in [0, 0.1) is 5.92 Å². The molecule has 0 saturated carbocycles. The molecule has 2 N–H and O–H groups in total. The minimum absolute atomic E-state index is 0.0950. The van der Waals surface area contributed by atoms with Crippen LogP contribution in [-0.4, -0.2) is 30.3 Å². The van der Waals surface area contributed by atoms with E-state index in [1.807, 2.05) is 44.2 Å². The lowest BCUT2D eigenvalue weighted by molar-refractivity contribution is 0.305. The molecule has 0 saturated heterocycles. The van der Waals surface area contributed by atoms with Gasteiger partial charge in [0, 0.05) is 17.7 Å². The number of fused-ring (bicyclic) bond motifs is 2. The van der Waals surface area contributed by atoms with Crippen molar-refractivity contribution in [3.8, 4) is 11.5 Å². The third-order valence-corrected chi connectivity index (χ3v) is 7.30. The van der Waals surface area contributed by atoms with Gasteiger partial charge in [0.1, 0.15) is 28.6 Å². The maximum atomic E-state index is 13.5. The van der Waals surface area contributed by atoms with Crippen LogP contribution in [-0.2, 0) is 16.6 Å². The molecule has 9 nitrogen and oxygen atoms in total. The summed E-state index contributed by atoms with van der Waals surface area (Å²) in [4.78, 5) is 13.4. The first-order chi connectivity index (χ1) is 18.2. The zero-order chi connectivity index (χ0) is 26.9. The van der Waals surface area contributed by atoms with E-state index in [9.17, 15) is 18.3 Å². The molecule has 0 unspecified atom stereocenters. The summed E-state index contributed by atoms with van der Waals surface area (Å²) in [5.74, 6) is 0.0158. The van der Waals surface area contributed by atoms with Crippen LogP contribution in [0.5, 0.6) is 11.5 Å². The SMILES string of the molecule is CC(C)C/C=N/n1c(=O)c(C2=NS(=O)(=O)c3cc(OCc4ccccc4)ccc3N2)c(O)c2ccccc21. The molecule has 1 aliphatic heterocycles. The van der Waals surface area contributed by atoms with Gasteiger partial charge in [-0.2, -0.15) is 18.2 Å². The number of nitrogens with zero attached hydrogens (tertiary/aromatic N) is 3. The summed E-state index contributed by atoms with van der Waals surface area (Å²) >= 11 is 0. The summed E-state index contributed by atoms with van der Waals surface area (Å²) in [7, 11) is -4.22. The minimum atomic E-state index is -4.22. The first kappa shape index (κ1) is 25.2. The van der Waals surface area contributed by atoms with Crippen molar-refractivity contribution in [3.63, 3.8) is 0 Å². The Morgan fingerprint density at radius 1 is 1.08 bits per heavy atom. The molecular weight excluding hydrogens is 504 g/mol. The van der Waals surface area contributed by atoms with E-state index in [1.54, 1.807) is 42.6 Å². The zero-order valence-corrected chi connectivity index (χ0v) is 21.6. The van der Waals surface area contributed by atoms with Crippen molar-refractivity contribution in [1.29, 1.82) is 0 Å². The number of aromatic nitrogens is 1. The van der Waals surface area contributed by atoms with Crippen LogP contribution in [0.3, 0.4) is 0 Å². The summed E-state index contributed by atoms with van der Waals surface area (Å²) in [5.41, 5.74) is 0.547. The number of aromatic hydroxyl groups is 1. The van der Waals surface area contributed by atoms with Gasteiger partial charge in [0.2, 0.25) is 0 Å². The average Bonchev–Trinajstić information content (AvgIpc) is 2.90. The molecule has 2 heterocycles. The van der Waals surface area contributed by atoms with Crippen LogP contribution >= 0.6 is 0 Å². The molecule has 0 amide bonds. The number of anilines is 1. The smallest absolute Gasteiger partial charge is 0.286 e. The van der Waals surface area contributed by atoms with Gasteiger partial charge < -0.3 is 15.2 Å². The normalized spacial score (nSPS) is 14.3. The summed E-state index contributed by atoms with van der Waals surface area (Å²) < 4.78 is 37.2. The van der Waals surface area contributed by atoms with Gasteiger partial charge in [0.15, 0.2) is 5.84 Å². The number of amidine groups is 1. The van der Waals surface area contributed by atoms with Crippen LogP contribution in [0.2, 0.25) is 0 Å². The van der Waals surface area contributed by atoms with Crippen molar-refractivity contribution < 1.29 is 18.3 Å². The molecule has 0 spiro atoms. The van der Waals surface area contributed by atoms with Crippen molar-refractivity contribution in [3.05, 3.63) is 94.3 Å². The fourth-order valence-electron chi connectivity index (χ4n) is 4.06. The van der Waals surface area contributed by atoms with E-state index in [4.69, 9.17) is 4.74 Å². The van der Waals surface area contributed by atoms with Crippen LogP contribution < -0.4 is 15.6 Å². The fourth-order valence-corrected chi connectivity index (χ4v) is 5.19. The third kappa shape index (κ3) is 4.90. The van der Waals surface area contributed by atoms with Crippen molar-refractivity contribution in [1.82, 2.24) is 4.68 Å². The Kier molecular flexibility index (Phi) is 6.73. The van der Waals surface area contributed by atoms with Crippen molar-refractivity contribution >= 4 is 38.7 Å². The highest BCUT2D eigenvalue weighted by Crippen LogP contribution is 2.34. The molecule has 1 aromatic heterocycles. The van der Waals surface area contributed by atoms with Gasteiger partial charge in [-0.15, -0.1) is 4.40 Å². The molecule has 0 radical (unpaired) electrons. The van der Waals surface area contributed by atoms with Gasteiger partial charge in [-0.05, 0) is 42.2 Å². The number of rotatable bonds is 7. The molecule has 3 aromatic carbocycles. The molecule has 194 valence electrons. The molecule has 0 bridgehead atoms. The predicted molar refractivity (Wildman–Crippen MR) is 148 cm³/mol. The molecule has 4 aromatic rings. The molecule has 1 aliphatic rings. The number of hydrogen-bond acceptors (Lipinski definition) is 7. The Labute approximate surface area is 219 Å². The molecule has 10 heteroatoms. The number of benzene rings is 3. The fraction of sp³-hybridized carbons (Fsp3) is 0.179. The predicted octanol–water partition coefficient (Wildman–Crippen LogP) is 4.73. The first-order valence-electron chi connectivity index (χ1n) is 12.1. The number of pyridine rings is 1. The summed E-state index contributed by atoms with van der Waals surface area (Å²) in [5, 5.41) is 18.6. The maximum Gasteiger partial charge on any atom is 0.286 e. The molecule has 38 heavy (non-hydrogen) atoms. The van der Waals surface area contributed by atoms with Gasteiger partial charge >= 0.3 is 0 Å². The van der Waals surface area contributed by atoms with Gasteiger partial charge in [0.25, 0.3) is 15.6 Å². The lowest BCUT2D eigenvalue weighted by atomic mass is 10.1. The van der Waals surface area contributed by atoms with Gasteiger partial charge in [0.05, 0.1) is 11.2 Å². The molecule has 0 fully saturated rings. The number of sulfonamides is 1. The Morgan fingerprint density at radius 3 is 2.58 bits per heavy atom. The quantitative estimate of drug-likeness (QED) is 0.333. The topological polar surface area (TPSA) is 122 Å². The number of nitrogens with one attached hydrogen (secondary N) is 1. The first-order valence-corrected chi connectivity index (χ1v) is 13.5. The standard InChI is InChI=1S/C28H26N4O5S/c1-18(2)14-15-29-32-23-11-7-6-10-21(23)26(33)25(28(32)34)27-30-22-13-12-20(16-24(22)38(35,36)31-27)37-17-19-8-4-3-5-9-19/h3-13,15-16,18,33H,14,17H2,1-2H3,(H,30,31)/b29-15+. The van der Waals surface area contributed by atoms with Gasteiger partial charge in [-0.25, -0.2) is 0 Å². The van der Waals surface area contributed by atoms with Gasteiger partial charge in [-0.3, -0.25) is 4.79 Å².